The van der Waals surface area contributed by atoms with Crippen LogP contribution in [0.5, 0.6) is 0 Å². The van der Waals surface area contributed by atoms with Gasteiger partial charge in [-0.05, 0) is 6.92 Å². The Hall–Kier alpha value is -0.561. The first-order chi connectivity index (χ1) is 11.9. The van der Waals surface area contributed by atoms with Gasteiger partial charge in [0.05, 0.1) is 6.10 Å². The van der Waals surface area contributed by atoms with Crippen LogP contribution in [-0.2, 0) is 14.3 Å². The molecule has 0 heterocycles. The fraction of sp³-hybridized carbons (Fsp3) is 0.789. The third-order valence-electron chi connectivity index (χ3n) is 3.48. The molecule has 1 atom stereocenters. The van der Waals surface area contributed by atoms with Crippen LogP contribution >= 0.6 is 0 Å². The number of hydrogen-bond acceptors (Lipinski definition) is 4. The second-order valence-corrected chi connectivity index (χ2v) is 14.8. The van der Waals surface area contributed by atoms with Crippen LogP contribution in [0.3, 0.4) is 0 Å². The number of carboxylic acids is 1. The summed E-state index contributed by atoms with van der Waals surface area (Å²) in [5.41, 5.74) is 0. The predicted molar refractivity (Wildman–Crippen MR) is 104 cm³/mol. The van der Waals surface area contributed by atoms with E-state index in [4.69, 9.17) is 10.2 Å². The van der Waals surface area contributed by atoms with Crippen LogP contribution in [0.1, 0.15) is 66.2 Å². The number of unbranched alkanes of at least 4 members (excludes halogenated alkanes) is 3. The summed E-state index contributed by atoms with van der Waals surface area (Å²) in [6, 6.07) is 0. The fourth-order valence-corrected chi connectivity index (χ4v) is 11.5. The van der Waals surface area contributed by atoms with Crippen molar-refractivity contribution >= 4 is 31.7 Å². The number of aliphatic hydroxyl groups excluding tert-OH is 1. The molecule has 0 aliphatic rings. The van der Waals surface area contributed by atoms with Crippen LogP contribution in [0.4, 0.5) is 0 Å². The first-order valence-corrected chi connectivity index (χ1v) is 15.5. The average molecular weight is 464 g/mol. The van der Waals surface area contributed by atoms with Crippen molar-refractivity contribution in [3.05, 3.63) is 12.2 Å². The third-order valence-corrected chi connectivity index (χ3v) is 12.6. The molecule has 6 heteroatoms. The van der Waals surface area contributed by atoms with Crippen molar-refractivity contribution in [3.8, 4) is 0 Å². The molecular formula is C19H37O5Sn. The van der Waals surface area contributed by atoms with Crippen LogP contribution < -0.4 is 0 Å². The van der Waals surface area contributed by atoms with Gasteiger partial charge in [-0.3, -0.25) is 0 Å². The number of carbonyl (C=O) groups is 2. The monoisotopic (exact) mass is 465 g/mol. The Morgan fingerprint density at radius 1 is 0.960 bits per heavy atom. The van der Waals surface area contributed by atoms with Crippen molar-refractivity contribution in [3.63, 3.8) is 0 Å². The van der Waals surface area contributed by atoms with Gasteiger partial charge in [0.1, 0.15) is 6.61 Å². The zero-order valence-corrected chi connectivity index (χ0v) is 19.3. The molecule has 147 valence electrons. The number of aliphatic hydroxyl groups is 1. The second kappa shape index (κ2) is 19.8. The molecule has 2 N–H and O–H groups in total. The molecule has 0 fully saturated rings. The molecule has 0 aromatic rings. The molecule has 0 amide bonds. The first-order valence-electron chi connectivity index (χ1n) is 9.46. The van der Waals surface area contributed by atoms with E-state index in [1.165, 1.54) is 45.4 Å². The minimum absolute atomic E-state index is 0.136. The molecule has 5 nitrogen and oxygen atoms in total. The molecule has 0 saturated carbocycles. The van der Waals surface area contributed by atoms with E-state index in [-0.39, 0.29) is 6.61 Å². The summed E-state index contributed by atoms with van der Waals surface area (Å²) in [6.45, 7) is 8.32. The van der Waals surface area contributed by atoms with E-state index in [0.29, 0.717) is 6.08 Å². The molecule has 0 aliphatic carbocycles. The van der Waals surface area contributed by atoms with Gasteiger partial charge in [-0.25, -0.2) is 9.59 Å². The van der Waals surface area contributed by atoms with Crippen molar-refractivity contribution in [2.75, 3.05) is 6.61 Å². The molecule has 0 aliphatic heterocycles. The number of aliphatic carboxylic acids is 1. The van der Waals surface area contributed by atoms with Gasteiger partial charge in [0.15, 0.2) is 0 Å². The Morgan fingerprint density at radius 2 is 1.40 bits per heavy atom. The number of rotatable bonds is 13. The van der Waals surface area contributed by atoms with E-state index in [1.54, 1.807) is 13.3 Å². The molecule has 1 unspecified atom stereocenters. The third kappa shape index (κ3) is 23.4. The molecule has 0 saturated heterocycles. The van der Waals surface area contributed by atoms with E-state index in [9.17, 15) is 9.59 Å². The van der Waals surface area contributed by atoms with Gasteiger partial charge in [-0.2, -0.15) is 0 Å². The van der Waals surface area contributed by atoms with Crippen LogP contribution in [0, 0.1) is 0 Å². The van der Waals surface area contributed by atoms with Gasteiger partial charge in [0.2, 0.25) is 0 Å². The van der Waals surface area contributed by atoms with Crippen LogP contribution in [0.15, 0.2) is 12.2 Å². The molecule has 0 bridgehead atoms. The summed E-state index contributed by atoms with van der Waals surface area (Å²) >= 11 is -0.839. The van der Waals surface area contributed by atoms with Crippen molar-refractivity contribution in [2.24, 2.45) is 0 Å². The maximum atomic E-state index is 10.6. The average Bonchev–Trinajstić information content (AvgIpc) is 2.58. The molecule has 0 rings (SSSR count). The van der Waals surface area contributed by atoms with Gasteiger partial charge in [0.25, 0.3) is 0 Å². The molecule has 25 heavy (non-hydrogen) atoms. The quantitative estimate of drug-likeness (QED) is 0.239. The van der Waals surface area contributed by atoms with Gasteiger partial charge < -0.3 is 14.9 Å². The molecule has 0 aromatic carbocycles. The van der Waals surface area contributed by atoms with E-state index in [1.807, 2.05) is 0 Å². The van der Waals surface area contributed by atoms with E-state index in [0.717, 1.165) is 6.08 Å². The molecule has 0 aromatic heterocycles. The molecule has 0 spiro atoms. The van der Waals surface area contributed by atoms with Gasteiger partial charge in [0, 0.05) is 12.2 Å². The number of hydrogen-bond donors (Lipinski definition) is 2. The summed E-state index contributed by atoms with van der Waals surface area (Å²) < 4.78 is 9.45. The van der Waals surface area contributed by atoms with E-state index >= 15 is 0 Å². The van der Waals surface area contributed by atoms with Gasteiger partial charge >= 0.3 is 104 Å². The van der Waals surface area contributed by atoms with Crippen LogP contribution in [0.2, 0.25) is 13.3 Å². The molecular weight excluding hydrogens is 427 g/mol. The predicted octanol–water partition coefficient (Wildman–Crippen LogP) is 4.43. The van der Waals surface area contributed by atoms with Crippen LogP contribution in [0.25, 0.3) is 0 Å². The zero-order chi connectivity index (χ0) is 19.5. The zero-order valence-electron chi connectivity index (χ0n) is 16.4. The Morgan fingerprint density at radius 3 is 1.72 bits per heavy atom. The normalized spacial score (nSPS) is 11.9. The summed E-state index contributed by atoms with van der Waals surface area (Å²) in [5.74, 6) is -2.00. The SMILES string of the molecule is CC(O)COC(=O)/C=C/C(=O)O.CCC[CH2][Sn]([CH2]CCC)[CH2]CCC. The molecule has 1 radical (unpaired) electrons. The number of carboxylic acid groups (broad SMARTS) is 1. The summed E-state index contributed by atoms with van der Waals surface area (Å²) in [4.78, 5) is 20.5. The number of ether oxygens (including phenoxy) is 1. The summed E-state index contributed by atoms with van der Waals surface area (Å²) in [7, 11) is 0. The topological polar surface area (TPSA) is 83.8 Å². The minimum atomic E-state index is -1.22. The number of esters is 1. The van der Waals surface area contributed by atoms with Crippen molar-refractivity contribution in [1.29, 1.82) is 0 Å². The second-order valence-electron chi connectivity index (χ2n) is 6.21. The van der Waals surface area contributed by atoms with Crippen molar-refractivity contribution in [1.82, 2.24) is 0 Å². The summed E-state index contributed by atoms with van der Waals surface area (Å²) in [5, 5.41) is 16.8. The van der Waals surface area contributed by atoms with Crippen LogP contribution in [-0.4, -0.2) is 54.6 Å². The van der Waals surface area contributed by atoms with Crippen molar-refractivity contribution in [2.45, 2.75) is 85.6 Å². The van der Waals surface area contributed by atoms with E-state index in [2.05, 4.69) is 25.5 Å². The number of carbonyl (C=O) groups excluding carboxylic acids is 1. The van der Waals surface area contributed by atoms with Crippen molar-refractivity contribution < 1.29 is 24.5 Å². The maximum absolute atomic E-state index is 10.6. The van der Waals surface area contributed by atoms with Gasteiger partial charge in [-0.15, -0.1) is 0 Å². The summed E-state index contributed by atoms with van der Waals surface area (Å²) in [6.07, 6.45) is 9.56. The Kier molecular flexibility index (Phi) is 21.1. The Bertz CT molecular complexity index is 337. The van der Waals surface area contributed by atoms with Gasteiger partial charge in [-0.1, -0.05) is 0 Å². The Balaban J connectivity index is 0. The van der Waals surface area contributed by atoms with E-state index < -0.39 is 37.8 Å². The first kappa shape index (κ1) is 26.7. The standard InChI is InChI=1S/C7H10O5.3C4H9.Sn/c1-5(8)4-12-7(11)3-2-6(9)10;3*1-3-4-2;/h2-3,5,8H,4H2,1H3,(H,9,10);3*1,3-4H2,2H3;/b3-2+;;;;. The fourth-order valence-electron chi connectivity index (χ4n) is 2.05. The Labute approximate surface area is 160 Å².